The van der Waals surface area contributed by atoms with Gasteiger partial charge in [0.1, 0.15) is 5.82 Å². The van der Waals surface area contributed by atoms with Crippen molar-refractivity contribution in [3.63, 3.8) is 0 Å². The predicted molar refractivity (Wildman–Crippen MR) is 77.3 cm³/mol. The Kier molecular flexibility index (Phi) is 4.51. The molecule has 104 valence electrons. The van der Waals surface area contributed by atoms with E-state index in [-0.39, 0.29) is 23.1 Å². The molecule has 1 N–H and O–H groups in total. The molecule has 0 amide bonds. The third-order valence-corrected chi connectivity index (χ3v) is 3.18. The maximum absolute atomic E-state index is 13.6. The molecule has 1 aromatic carbocycles. The van der Waals surface area contributed by atoms with Gasteiger partial charge in [-0.2, -0.15) is 0 Å². The van der Waals surface area contributed by atoms with E-state index in [4.69, 9.17) is 11.6 Å². The van der Waals surface area contributed by atoms with Crippen LogP contribution >= 0.6 is 27.5 Å². The highest BCUT2D eigenvalue weighted by Gasteiger charge is 2.16. The van der Waals surface area contributed by atoms with Crippen LogP contribution in [0.5, 0.6) is 0 Å². The number of halogens is 3. The quantitative estimate of drug-likeness (QED) is 0.657. The van der Waals surface area contributed by atoms with Crippen LogP contribution < -0.4 is 5.32 Å². The summed E-state index contributed by atoms with van der Waals surface area (Å²) in [5.74, 6) is -0.365. The topological polar surface area (TPSA) is 68.1 Å². The summed E-state index contributed by atoms with van der Waals surface area (Å²) in [4.78, 5) is 14.1. The standard InChI is InChI=1S/C12H8BrClFN3O2/c13-8-1-2-10(15)7(3-8)5-16-12-11(18(19)20)4-9(14)6-17-12/h1-4,6H,5H2,(H,16,17). The van der Waals surface area contributed by atoms with Crippen molar-refractivity contribution in [2.75, 3.05) is 5.32 Å². The molecule has 2 rings (SSSR count). The number of pyridine rings is 1. The summed E-state index contributed by atoms with van der Waals surface area (Å²) >= 11 is 8.90. The van der Waals surface area contributed by atoms with Gasteiger partial charge in [-0.15, -0.1) is 0 Å². The van der Waals surface area contributed by atoms with E-state index in [0.29, 0.717) is 10.0 Å². The lowest BCUT2D eigenvalue weighted by molar-refractivity contribution is -0.384. The number of nitro groups is 1. The third kappa shape index (κ3) is 3.43. The number of anilines is 1. The van der Waals surface area contributed by atoms with Gasteiger partial charge in [-0.3, -0.25) is 10.1 Å². The molecule has 0 bridgehead atoms. The second kappa shape index (κ2) is 6.15. The first-order valence-corrected chi connectivity index (χ1v) is 6.62. The highest BCUT2D eigenvalue weighted by atomic mass is 79.9. The van der Waals surface area contributed by atoms with Gasteiger partial charge in [0.25, 0.3) is 0 Å². The zero-order chi connectivity index (χ0) is 14.7. The van der Waals surface area contributed by atoms with Crippen molar-refractivity contribution >= 4 is 39.0 Å². The Hall–Kier alpha value is -1.73. The summed E-state index contributed by atoms with van der Waals surface area (Å²) in [5, 5.41) is 13.8. The number of hydrogen-bond acceptors (Lipinski definition) is 4. The lowest BCUT2D eigenvalue weighted by Crippen LogP contribution is -2.06. The summed E-state index contributed by atoms with van der Waals surface area (Å²) < 4.78 is 14.3. The number of nitrogens with zero attached hydrogens (tertiary/aromatic N) is 2. The minimum absolute atomic E-state index is 0.0405. The number of hydrogen-bond donors (Lipinski definition) is 1. The lowest BCUT2D eigenvalue weighted by atomic mass is 10.2. The van der Waals surface area contributed by atoms with E-state index in [2.05, 4.69) is 26.2 Å². The summed E-state index contributed by atoms with van der Waals surface area (Å²) in [6.07, 6.45) is 1.29. The van der Waals surface area contributed by atoms with Crippen molar-refractivity contribution in [1.29, 1.82) is 0 Å². The fourth-order valence-corrected chi connectivity index (χ4v) is 2.12. The molecule has 0 fully saturated rings. The van der Waals surface area contributed by atoms with Crippen molar-refractivity contribution in [3.05, 3.63) is 61.5 Å². The Balaban J connectivity index is 2.23. The lowest BCUT2D eigenvalue weighted by Gasteiger charge is -2.07. The first kappa shape index (κ1) is 14.7. The predicted octanol–water partition coefficient (Wildman–Crippen LogP) is 4.16. The van der Waals surface area contributed by atoms with Crippen molar-refractivity contribution in [2.24, 2.45) is 0 Å². The Labute approximate surface area is 127 Å². The highest BCUT2D eigenvalue weighted by Crippen LogP contribution is 2.26. The number of nitrogens with one attached hydrogen (secondary N) is 1. The number of rotatable bonds is 4. The number of benzene rings is 1. The monoisotopic (exact) mass is 359 g/mol. The normalized spacial score (nSPS) is 10.3. The van der Waals surface area contributed by atoms with E-state index in [1.165, 1.54) is 18.3 Å². The molecule has 0 saturated heterocycles. The SMILES string of the molecule is O=[N+]([O-])c1cc(Cl)cnc1NCc1cc(Br)ccc1F. The first-order valence-electron chi connectivity index (χ1n) is 5.45. The molecule has 1 heterocycles. The summed E-state index contributed by atoms with van der Waals surface area (Å²) in [6, 6.07) is 5.66. The van der Waals surface area contributed by atoms with Gasteiger partial charge >= 0.3 is 5.69 Å². The van der Waals surface area contributed by atoms with Crippen molar-refractivity contribution in [3.8, 4) is 0 Å². The van der Waals surface area contributed by atoms with Gasteiger partial charge in [-0.05, 0) is 18.2 Å². The van der Waals surface area contributed by atoms with Crippen molar-refractivity contribution in [2.45, 2.75) is 6.54 Å². The summed E-state index contributed by atoms with van der Waals surface area (Å²) in [6.45, 7) is 0.0702. The molecule has 0 radical (unpaired) electrons. The fraction of sp³-hybridized carbons (Fsp3) is 0.0833. The van der Waals surface area contributed by atoms with Gasteiger partial charge < -0.3 is 5.32 Å². The number of aromatic nitrogens is 1. The molecule has 2 aromatic rings. The zero-order valence-corrected chi connectivity index (χ0v) is 12.3. The molecule has 0 unspecified atom stereocenters. The average Bonchev–Trinajstić information content (AvgIpc) is 2.40. The zero-order valence-electron chi connectivity index (χ0n) is 9.94. The Morgan fingerprint density at radius 3 is 2.90 bits per heavy atom. The van der Waals surface area contributed by atoms with Crippen LogP contribution in [0.2, 0.25) is 5.02 Å². The Morgan fingerprint density at radius 2 is 2.20 bits per heavy atom. The Bertz CT molecular complexity index is 669. The van der Waals surface area contributed by atoms with Gasteiger partial charge in [0.15, 0.2) is 0 Å². The van der Waals surface area contributed by atoms with Gasteiger partial charge in [0, 0.05) is 28.8 Å². The highest BCUT2D eigenvalue weighted by molar-refractivity contribution is 9.10. The maximum Gasteiger partial charge on any atom is 0.312 e. The Morgan fingerprint density at radius 1 is 1.45 bits per heavy atom. The van der Waals surface area contributed by atoms with Crippen LogP contribution in [0.15, 0.2) is 34.9 Å². The first-order chi connectivity index (χ1) is 9.47. The van der Waals surface area contributed by atoms with Crippen molar-refractivity contribution < 1.29 is 9.31 Å². The van der Waals surface area contributed by atoms with Crippen LogP contribution in [-0.2, 0) is 6.54 Å². The molecule has 0 aliphatic heterocycles. The van der Waals surface area contributed by atoms with E-state index < -0.39 is 10.7 Å². The second-order valence-corrected chi connectivity index (χ2v) is 5.22. The molecule has 0 atom stereocenters. The molecule has 5 nitrogen and oxygen atoms in total. The van der Waals surface area contributed by atoms with E-state index >= 15 is 0 Å². The third-order valence-electron chi connectivity index (χ3n) is 2.48. The minimum Gasteiger partial charge on any atom is -0.360 e. The molecule has 20 heavy (non-hydrogen) atoms. The van der Waals surface area contributed by atoms with Crippen LogP contribution in [0.1, 0.15) is 5.56 Å². The van der Waals surface area contributed by atoms with E-state index in [1.54, 1.807) is 12.1 Å². The summed E-state index contributed by atoms with van der Waals surface area (Å²) in [5.41, 5.74) is 0.110. The van der Waals surface area contributed by atoms with Crippen LogP contribution in [0.3, 0.4) is 0 Å². The average molecular weight is 361 g/mol. The van der Waals surface area contributed by atoms with Crippen LogP contribution in [0.4, 0.5) is 15.9 Å². The van der Waals surface area contributed by atoms with Crippen molar-refractivity contribution in [1.82, 2.24) is 4.98 Å². The fourth-order valence-electron chi connectivity index (χ4n) is 1.56. The molecular weight excluding hydrogens is 353 g/mol. The van der Waals surface area contributed by atoms with E-state index in [9.17, 15) is 14.5 Å². The molecule has 8 heteroatoms. The maximum atomic E-state index is 13.6. The molecule has 1 aromatic heterocycles. The van der Waals surface area contributed by atoms with Crippen LogP contribution in [0, 0.1) is 15.9 Å². The van der Waals surface area contributed by atoms with Gasteiger partial charge in [-0.25, -0.2) is 9.37 Å². The molecule has 0 saturated carbocycles. The van der Waals surface area contributed by atoms with Gasteiger partial charge in [-0.1, -0.05) is 27.5 Å². The minimum atomic E-state index is -0.599. The van der Waals surface area contributed by atoms with Gasteiger partial charge in [0.2, 0.25) is 5.82 Å². The smallest absolute Gasteiger partial charge is 0.312 e. The largest absolute Gasteiger partial charge is 0.360 e. The van der Waals surface area contributed by atoms with Gasteiger partial charge in [0.05, 0.1) is 9.95 Å². The molecule has 0 aliphatic carbocycles. The van der Waals surface area contributed by atoms with E-state index in [0.717, 1.165) is 0 Å². The van der Waals surface area contributed by atoms with Crippen LogP contribution in [-0.4, -0.2) is 9.91 Å². The van der Waals surface area contributed by atoms with Crippen LogP contribution in [0.25, 0.3) is 0 Å². The summed E-state index contributed by atoms with van der Waals surface area (Å²) in [7, 11) is 0. The van der Waals surface area contributed by atoms with E-state index in [1.807, 2.05) is 0 Å². The molecule has 0 aliphatic rings. The molecular formula is C12H8BrClFN3O2. The second-order valence-electron chi connectivity index (χ2n) is 3.87. The molecule has 0 spiro atoms.